The van der Waals surface area contributed by atoms with Gasteiger partial charge < -0.3 is 20.3 Å². The van der Waals surface area contributed by atoms with Crippen LogP contribution in [0.3, 0.4) is 0 Å². The predicted octanol–water partition coefficient (Wildman–Crippen LogP) is 0.665. The molecule has 1 fully saturated rings. The van der Waals surface area contributed by atoms with Crippen molar-refractivity contribution < 1.29 is 28.8 Å². The number of carbonyl (C=O) groups excluding carboxylic acids is 3. The fourth-order valence-corrected chi connectivity index (χ4v) is 2.90. The van der Waals surface area contributed by atoms with E-state index >= 15 is 0 Å². The second kappa shape index (κ2) is 9.89. The highest BCUT2D eigenvalue weighted by Crippen LogP contribution is 2.12. The van der Waals surface area contributed by atoms with Crippen LogP contribution in [0.4, 0.5) is 4.79 Å². The first kappa shape index (κ1) is 22.2. The highest BCUT2D eigenvalue weighted by Gasteiger charge is 2.31. The molecular weight excluding hydrogens is 382 g/mol. The van der Waals surface area contributed by atoms with Crippen LogP contribution in [0, 0.1) is 18.8 Å². The van der Waals surface area contributed by atoms with E-state index in [1.807, 2.05) is 13.8 Å². The lowest BCUT2D eigenvalue weighted by Gasteiger charge is -2.25. The number of nitrogens with zero attached hydrogens (tertiary/aromatic N) is 2. The zero-order chi connectivity index (χ0) is 21.6. The van der Waals surface area contributed by atoms with Crippen LogP contribution in [0.1, 0.15) is 49.4 Å². The molecule has 11 nitrogen and oxygen atoms in total. The van der Waals surface area contributed by atoms with Gasteiger partial charge in [0.1, 0.15) is 11.8 Å². The van der Waals surface area contributed by atoms with Crippen molar-refractivity contribution in [1.29, 1.82) is 0 Å². The smallest absolute Gasteiger partial charge is 0.426 e. The van der Waals surface area contributed by atoms with Crippen molar-refractivity contribution >= 4 is 23.8 Å². The summed E-state index contributed by atoms with van der Waals surface area (Å²) in [6, 6.07) is 0.468. The number of aromatic nitrogens is 1. The Hall–Kier alpha value is -3.11. The van der Waals surface area contributed by atoms with Gasteiger partial charge in [-0.05, 0) is 32.1 Å². The molecule has 4 N–H and O–H groups in total. The maximum atomic E-state index is 12.7. The second-order valence-electron chi connectivity index (χ2n) is 7.47. The van der Waals surface area contributed by atoms with E-state index < -0.39 is 29.9 Å². The van der Waals surface area contributed by atoms with E-state index in [1.54, 1.807) is 6.92 Å². The summed E-state index contributed by atoms with van der Waals surface area (Å²) < 4.78 is 4.87. The van der Waals surface area contributed by atoms with Gasteiger partial charge in [-0.15, -0.1) is 0 Å². The van der Waals surface area contributed by atoms with E-state index in [0.717, 1.165) is 0 Å². The molecule has 1 aliphatic heterocycles. The predicted molar refractivity (Wildman–Crippen MR) is 101 cm³/mol. The Morgan fingerprint density at radius 3 is 2.62 bits per heavy atom. The highest BCUT2D eigenvalue weighted by molar-refractivity contribution is 5.96. The lowest BCUT2D eigenvalue weighted by molar-refractivity contribution is -0.129. The lowest BCUT2D eigenvalue weighted by atomic mass is 10.0. The van der Waals surface area contributed by atoms with Crippen LogP contribution in [0.5, 0.6) is 0 Å². The fraction of sp³-hybridized carbons (Fsp3) is 0.611. The standard InChI is InChI=1S/C18H27N5O6/c1-10(2)4-5-13(20-16(25)14-8-11(3)29-22-14)17(26)21-23(18(27)28)9-12-6-7-19-15(12)24/h8,10,12-13H,4-7,9H2,1-3H3,(H,19,24)(H,20,25)(H,21,26)(H,27,28)/t12-,13?/m0/s1. The Labute approximate surface area is 168 Å². The van der Waals surface area contributed by atoms with Crippen molar-refractivity contribution in [3.8, 4) is 0 Å². The molecule has 29 heavy (non-hydrogen) atoms. The fourth-order valence-electron chi connectivity index (χ4n) is 2.90. The first-order valence-corrected chi connectivity index (χ1v) is 9.50. The van der Waals surface area contributed by atoms with E-state index in [0.29, 0.717) is 36.6 Å². The highest BCUT2D eigenvalue weighted by atomic mass is 16.5. The molecule has 0 spiro atoms. The van der Waals surface area contributed by atoms with Crippen molar-refractivity contribution in [3.05, 3.63) is 17.5 Å². The van der Waals surface area contributed by atoms with Crippen LogP contribution < -0.4 is 16.1 Å². The maximum Gasteiger partial charge on any atom is 0.426 e. The van der Waals surface area contributed by atoms with E-state index in [2.05, 4.69) is 21.2 Å². The molecule has 0 aliphatic carbocycles. The molecule has 1 aromatic rings. The third-order valence-corrected chi connectivity index (χ3v) is 4.56. The van der Waals surface area contributed by atoms with Crippen LogP contribution in [0.25, 0.3) is 0 Å². The van der Waals surface area contributed by atoms with Crippen LogP contribution >= 0.6 is 0 Å². The van der Waals surface area contributed by atoms with E-state index in [-0.39, 0.29) is 24.1 Å². The molecule has 1 saturated heterocycles. The third-order valence-electron chi connectivity index (χ3n) is 4.56. The first-order chi connectivity index (χ1) is 13.7. The van der Waals surface area contributed by atoms with Gasteiger partial charge in [-0.25, -0.2) is 9.80 Å². The molecule has 0 bridgehead atoms. The molecule has 2 heterocycles. The summed E-state index contributed by atoms with van der Waals surface area (Å²) in [7, 11) is 0. The number of hydrogen-bond donors (Lipinski definition) is 4. The van der Waals surface area contributed by atoms with E-state index in [4.69, 9.17) is 4.52 Å². The van der Waals surface area contributed by atoms with Crippen LogP contribution in [0.15, 0.2) is 10.6 Å². The van der Waals surface area contributed by atoms with Gasteiger partial charge in [0, 0.05) is 12.6 Å². The van der Waals surface area contributed by atoms with Crippen LogP contribution in [0.2, 0.25) is 0 Å². The van der Waals surface area contributed by atoms with Crippen molar-refractivity contribution in [2.75, 3.05) is 13.1 Å². The van der Waals surface area contributed by atoms with Gasteiger partial charge in [0.15, 0.2) is 5.69 Å². The van der Waals surface area contributed by atoms with E-state index in [9.17, 15) is 24.3 Å². The molecule has 0 aromatic carbocycles. The maximum absolute atomic E-state index is 12.7. The average Bonchev–Trinajstić information content (AvgIpc) is 3.26. The number of amides is 4. The Bertz CT molecular complexity index is 762. The number of carbonyl (C=O) groups is 4. The summed E-state index contributed by atoms with van der Waals surface area (Å²) in [6.45, 7) is 5.88. The monoisotopic (exact) mass is 409 g/mol. The largest absolute Gasteiger partial charge is 0.464 e. The molecule has 4 amide bonds. The molecular formula is C18H27N5O6. The van der Waals surface area contributed by atoms with Crippen LogP contribution in [-0.2, 0) is 9.59 Å². The minimum atomic E-state index is -1.39. The van der Waals surface area contributed by atoms with Crippen molar-refractivity contribution in [2.24, 2.45) is 11.8 Å². The Morgan fingerprint density at radius 2 is 2.10 bits per heavy atom. The van der Waals surface area contributed by atoms with Gasteiger partial charge >= 0.3 is 6.09 Å². The van der Waals surface area contributed by atoms with Crippen molar-refractivity contribution in [2.45, 2.75) is 46.1 Å². The van der Waals surface area contributed by atoms with Gasteiger partial charge in [-0.3, -0.25) is 19.8 Å². The first-order valence-electron chi connectivity index (χ1n) is 9.50. The quantitative estimate of drug-likeness (QED) is 0.460. The SMILES string of the molecule is Cc1cc(C(=O)NC(CCC(C)C)C(=O)NN(C[C@@H]2CCNC2=O)C(=O)O)no1. The number of nitrogens with one attached hydrogen (secondary N) is 3. The van der Waals surface area contributed by atoms with Gasteiger partial charge in [-0.1, -0.05) is 19.0 Å². The number of rotatable bonds is 8. The summed E-state index contributed by atoms with van der Waals surface area (Å²) in [4.78, 5) is 48.3. The minimum Gasteiger partial charge on any atom is -0.464 e. The number of carboxylic acid groups (broad SMARTS) is 1. The van der Waals surface area contributed by atoms with Gasteiger partial charge in [-0.2, -0.15) is 0 Å². The van der Waals surface area contributed by atoms with Crippen molar-refractivity contribution in [1.82, 2.24) is 26.2 Å². The zero-order valence-electron chi connectivity index (χ0n) is 16.7. The normalized spacial score (nSPS) is 17.0. The number of aryl methyl sites for hydroxylation is 1. The summed E-state index contributed by atoms with van der Waals surface area (Å²) in [5.74, 6) is -1.34. The number of hydrogen-bond acceptors (Lipinski definition) is 6. The Morgan fingerprint density at radius 1 is 1.38 bits per heavy atom. The third kappa shape index (κ3) is 6.47. The Balaban J connectivity index is 2.06. The molecule has 11 heteroatoms. The van der Waals surface area contributed by atoms with Gasteiger partial charge in [0.2, 0.25) is 5.91 Å². The second-order valence-corrected chi connectivity index (χ2v) is 7.47. The summed E-state index contributed by atoms with van der Waals surface area (Å²) >= 11 is 0. The van der Waals surface area contributed by atoms with Gasteiger partial charge in [0.05, 0.1) is 12.5 Å². The average molecular weight is 409 g/mol. The topological polar surface area (TPSA) is 154 Å². The molecule has 2 atom stereocenters. The minimum absolute atomic E-state index is 0.0302. The lowest BCUT2D eigenvalue weighted by Crippen LogP contribution is -2.55. The summed E-state index contributed by atoms with van der Waals surface area (Å²) in [5.41, 5.74) is 2.34. The van der Waals surface area contributed by atoms with E-state index in [1.165, 1.54) is 6.07 Å². The molecule has 2 rings (SSSR count). The molecule has 1 aromatic heterocycles. The summed E-state index contributed by atoms with van der Waals surface area (Å²) in [5, 5.41) is 18.9. The van der Waals surface area contributed by atoms with Crippen molar-refractivity contribution in [3.63, 3.8) is 0 Å². The Kier molecular flexibility index (Phi) is 7.57. The van der Waals surface area contributed by atoms with Gasteiger partial charge in [0.25, 0.3) is 11.8 Å². The number of hydrazine groups is 1. The zero-order valence-corrected chi connectivity index (χ0v) is 16.7. The molecule has 1 aliphatic rings. The molecule has 0 saturated carbocycles. The van der Waals surface area contributed by atoms with Crippen LogP contribution in [-0.4, -0.2) is 58.2 Å². The molecule has 1 unspecified atom stereocenters. The molecule has 0 radical (unpaired) electrons. The molecule has 160 valence electrons. The summed E-state index contributed by atoms with van der Waals surface area (Å²) in [6.07, 6.45) is 0.0361.